The van der Waals surface area contributed by atoms with Gasteiger partial charge in [0.1, 0.15) is 0 Å². The minimum absolute atomic E-state index is 0.0433. The molecule has 0 spiro atoms. The average Bonchev–Trinajstić information content (AvgIpc) is 3.45. The highest BCUT2D eigenvalue weighted by atomic mass is 32.2. The number of carbonyl (C=O) groups excluding carboxylic acids is 1. The third kappa shape index (κ3) is 4.94. The lowest BCUT2D eigenvalue weighted by molar-refractivity contribution is -0.127. The number of morpholine rings is 1. The number of hydrogen-bond acceptors (Lipinski definition) is 5. The minimum Gasteiger partial charge on any atom is -0.379 e. The van der Waals surface area contributed by atoms with Crippen LogP contribution in [0.2, 0.25) is 0 Å². The fourth-order valence-electron chi connectivity index (χ4n) is 4.53. The highest BCUT2D eigenvalue weighted by Crippen LogP contribution is 2.22. The zero-order valence-electron chi connectivity index (χ0n) is 17.4. The molecule has 3 saturated heterocycles. The third-order valence-electron chi connectivity index (χ3n) is 6.23. The molecule has 3 fully saturated rings. The van der Waals surface area contributed by atoms with Gasteiger partial charge in [-0.25, -0.2) is 8.42 Å². The summed E-state index contributed by atoms with van der Waals surface area (Å²) < 4.78 is 32.1. The molecule has 0 bridgehead atoms. The zero-order chi connectivity index (χ0) is 21.0. The fraction of sp³-hybridized carbons (Fsp3) is 0.591. The van der Waals surface area contributed by atoms with Crippen molar-refractivity contribution in [3.8, 4) is 0 Å². The van der Waals surface area contributed by atoms with Crippen LogP contribution in [0.15, 0.2) is 35.2 Å². The number of likely N-dealkylation sites (tertiary alicyclic amines) is 2. The maximum atomic E-state index is 12.7. The molecule has 30 heavy (non-hydrogen) atoms. The SMILES string of the molecule is O=C(/C=C/c1ccc(S(=O)(=O)N2CCOCC2)cc1)N1CCCC1CN1CCCC1. The maximum absolute atomic E-state index is 12.7. The number of carbonyl (C=O) groups is 1. The van der Waals surface area contributed by atoms with Crippen molar-refractivity contribution in [1.82, 2.24) is 14.1 Å². The molecule has 7 nitrogen and oxygen atoms in total. The fourth-order valence-corrected chi connectivity index (χ4v) is 5.94. The molecule has 0 radical (unpaired) electrons. The van der Waals surface area contributed by atoms with E-state index in [1.807, 2.05) is 4.90 Å². The summed E-state index contributed by atoms with van der Waals surface area (Å²) in [7, 11) is -3.49. The summed E-state index contributed by atoms with van der Waals surface area (Å²) in [4.78, 5) is 17.5. The van der Waals surface area contributed by atoms with Gasteiger partial charge in [0.25, 0.3) is 0 Å². The Balaban J connectivity index is 1.37. The van der Waals surface area contributed by atoms with Gasteiger partial charge in [-0.2, -0.15) is 4.31 Å². The van der Waals surface area contributed by atoms with Crippen LogP contribution in [-0.2, 0) is 19.6 Å². The monoisotopic (exact) mass is 433 g/mol. The Morgan fingerprint density at radius 2 is 1.70 bits per heavy atom. The predicted molar refractivity (Wildman–Crippen MR) is 115 cm³/mol. The number of hydrogen-bond donors (Lipinski definition) is 0. The van der Waals surface area contributed by atoms with Gasteiger partial charge in [0, 0.05) is 38.3 Å². The van der Waals surface area contributed by atoms with Crippen molar-refractivity contribution < 1.29 is 17.9 Å². The predicted octanol–water partition coefficient (Wildman–Crippen LogP) is 1.81. The van der Waals surface area contributed by atoms with Crippen molar-refractivity contribution in [1.29, 1.82) is 0 Å². The van der Waals surface area contributed by atoms with Gasteiger partial charge in [-0.05, 0) is 62.5 Å². The van der Waals surface area contributed by atoms with Crippen LogP contribution in [0.4, 0.5) is 0 Å². The molecule has 0 aliphatic carbocycles. The number of sulfonamides is 1. The van der Waals surface area contributed by atoms with Crippen molar-refractivity contribution >= 4 is 22.0 Å². The first kappa shape index (κ1) is 21.5. The van der Waals surface area contributed by atoms with Crippen molar-refractivity contribution in [2.24, 2.45) is 0 Å². The van der Waals surface area contributed by atoms with E-state index in [1.54, 1.807) is 36.4 Å². The smallest absolute Gasteiger partial charge is 0.246 e. The Labute approximate surface area is 179 Å². The van der Waals surface area contributed by atoms with E-state index in [2.05, 4.69) is 4.90 Å². The molecule has 0 N–H and O–H groups in total. The second kappa shape index (κ2) is 9.60. The van der Waals surface area contributed by atoms with E-state index in [0.717, 1.165) is 44.6 Å². The van der Waals surface area contributed by atoms with Gasteiger partial charge in [0.2, 0.25) is 15.9 Å². The first-order valence-electron chi connectivity index (χ1n) is 10.9. The van der Waals surface area contributed by atoms with Gasteiger partial charge in [-0.15, -0.1) is 0 Å². The zero-order valence-corrected chi connectivity index (χ0v) is 18.2. The lowest BCUT2D eigenvalue weighted by Gasteiger charge is -2.27. The molecule has 1 atom stereocenters. The molecular formula is C22H31N3O4S. The van der Waals surface area contributed by atoms with E-state index in [0.29, 0.717) is 32.3 Å². The van der Waals surface area contributed by atoms with E-state index in [-0.39, 0.29) is 10.8 Å². The van der Waals surface area contributed by atoms with Gasteiger partial charge in [-0.3, -0.25) is 4.79 Å². The molecule has 3 aliphatic heterocycles. The second-order valence-electron chi connectivity index (χ2n) is 8.25. The quantitative estimate of drug-likeness (QED) is 0.640. The molecule has 164 valence electrons. The summed E-state index contributed by atoms with van der Waals surface area (Å²) in [6.07, 6.45) is 8.05. The molecule has 3 heterocycles. The van der Waals surface area contributed by atoms with Gasteiger partial charge in [0.15, 0.2) is 0 Å². The Hall–Kier alpha value is -1.74. The van der Waals surface area contributed by atoms with Crippen LogP contribution in [0.5, 0.6) is 0 Å². The number of benzene rings is 1. The first-order valence-corrected chi connectivity index (χ1v) is 12.4. The molecule has 0 aromatic heterocycles. The van der Waals surface area contributed by atoms with Gasteiger partial charge >= 0.3 is 0 Å². The van der Waals surface area contributed by atoms with Crippen LogP contribution in [0, 0.1) is 0 Å². The van der Waals surface area contributed by atoms with Crippen molar-refractivity contribution in [2.75, 3.05) is 52.5 Å². The van der Waals surface area contributed by atoms with Crippen LogP contribution < -0.4 is 0 Å². The summed E-state index contributed by atoms with van der Waals surface area (Å²) in [6.45, 7) is 5.71. The summed E-state index contributed by atoms with van der Waals surface area (Å²) in [6, 6.07) is 7.04. The second-order valence-corrected chi connectivity index (χ2v) is 10.2. The molecule has 1 aromatic rings. The molecule has 0 saturated carbocycles. The topological polar surface area (TPSA) is 70.2 Å². The van der Waals surface area contributed by atoms with E-state index in [1.165, 1.54) is 17.1 Å². The van der Waals surface area contributed by atoms with E-state index >= 15 is 0 Å². The van der Waals surface area contributed by atoms with Crippen LogP contribution >= 0.6 is 0 Å². The molecule has 1 aromatic carbocycles. The molecular weight excluding hydrogens is 402 g/mol. The number of rotatable bonds is 6. The van der Waals surface area contributed by atoms with Crippen LogP contribution in [0.3, 0.4) is 0 Å². The lowest BCUT2D eigenvalue weighted by Crippen LogP contribution is -2.41. The van der Waals surface area contributed by atoms with E-state index in [9.17, 15) is 13.2 Å². The molecule has 1 unspecified atom stereocenters. The van der Waals surface area contributed by atoms with E-state index in [4.69, 9.17) is 4.74 Å². The largest absolute Gasteiger partial charge is 0.379 e. The first-order chi connectivity index (χ1) is 14.5. The van der Waals surface area contributed by atoms with Crippen LogP contribution in [0.25, 0.3) is 6.08 Å². The standard InChI is InChI=1S/C22H31N3O4S/c26-22(25-13-3-4-20(25)18-23-11-1-2-12-23)10-7-19-5-8-21(9-6-19)30(27,28)24-14-16-29-17-15-24/h5-10,20H,1-4,11-18H2/b10-7+. The Kier molecular flexibility index (Phi) is 6.87. The van der Waals surface area contributed by atoms with Gasteiger partial charge in [0.05, 0.1) is 18.1 Å². The summed E-state index contributed by atoms with van der Waals surface area (Å²) in [5.41, 5.74) is 0.819. The number of nitrogens with zero attached hydrogens (tertiary/aromatic N) is 3. The van der Waals surface area contributed by atoms with Gasteiger partial charge in [-0.1, -0.05) is 12.1 Å². The summed E-state index contributed by atoms with van der Waals surface area (Å²) >= 11 is 0. The van der Waals surface area contributed by atoms with Crippen molar-refractivity contribution in [3.63, 3.8) is 0 Å². The molecule has 4 rings (SSSR count). The highest BCUT2D eigenvalue weighted by molar-refractivity contribution is 7.89. The lowest BCUT2D eigenvalue weighted by atomic mass is 10.2. The van der Waals surface area contributed by atoms with Crippen molar-refractivity contribution in [2.45, 2.75) is 36.6 Å². The molecule has 8 heteroatoms. The highest BCUT2D eigenvalue weighted by Gasteiger charge is 2.30. The Morgan fingerprint density at radius 1 is 1.00 bits per heavy atom. The normalized spacial score (nSPS) is 24.1. The van der Waals surface area contributed by atoms with Crippen LogP contribution in [-0.4, -0.2) is 87.0 Å². The molecule has 1 amide bonds. The molecule has 3 aliphatic rings. The van der Waals surface area contributed by atoms with Crippen LogP contribution in [0.1, 0.15) is 31.2 Å². The third-order valence-corrected chi connectivity index (χ3v) is 8.15. The summed E-state index contributed by atoms with van der Waals surface area (Å²) in [5.74, 6) is 0.0433. The Morgan fingerprint density at radius 3 is 2.40 bits per heavy atom. The van der Waals surface area contributed by atoms with E-state index < -0.39 is 10.0 Å². The van der Waals surface area contributed by atoms with Gasteiger partial charge < -0.3 is 14.5 Å². The number of amides is 1. The minimum atomic E-state index is -3.49. The number of ether oxygens (including phenoxy) is 1. The Bertz CT molecular complexity index is 857. The average molecular weight is 434 g/mol. The van der Waals surface area contributed by atoms with Crippen molar-refractivity contribution in [3.05, 3.63) is 35.9 Å². The summed E-state index contributed by atoms with van der Waals surface area (Å²) in [5, 5.41) is 0. The maximum Gasteiger partial charge on any atom is 0.246 e.